The minimum Gasteiger partial charge on any atom is -0.460 e. The number of nitrogens with zero attached hydrogens (tertiary/aromatic N) is 1. The maximum absolute atomic E-state index is 14.7. The summed E-state index contributed by atoms with van der Waals surface area (Å²) >= 11 is 0. The number of esters is 2. The standard InChI is InChI=1S/C26H23FN4O6/c1-3-34-24(32)21-11-14-9-16(5-7-19(14)36-21)26(28)29-13-18(27)23(31-26)30-17-6-8-20-15(10-17)12-22(37-20)25(33)35-4-2/h5-13,30-31H,3-4,28H2,1-2H3. The smallest absolute Gasteiger partial charge is 0.374 e. The van der Waals surface area contributed by atoms with Crippen LogP contribution >= 0.6 is 0 Å². The van der Waals surface area contributed by atoms with Crippen molar-refractivity contribution in [3.8, 4) is 0 Å². The largest absolute Gasteiger partial charge is 0.460 e. The van der Waals surface area contributed by atoms with Crippen LogP contribution in [0, 0.1) is 0 Å². The number of carbonyl (C=O) groups is 2. The average Bonchev–Trinajstić information content (AvgIpc) is 3.50. The van der Waals surface area contributed by atoms with Gasteiger partial charge >= 0.3 is 11.9 Å². The third kappa shape index (κ3) is 4.64. The van der Waals surface area contributed by atoms with E-state index in [2.05, 4.69) is 15.6 Å². The predicted molar refractivity (Wildman–Crippen MR) is 134 cm³/mol. The summed E-state index contributed by atoms with van der Waals surface area (Å²) in [5.74, 6) is -3.18. The first kappa shape index (κ1) is 24.1. The maximum Gasteiger partial charge on any atom is 0.374 e. The fourth-order valence-corrected chi connectivity index (χ4v) is 3.89. The van der Waals surface area contributed by atoms with Crippen molar-refractivity contribution in [2.75, 3.05) is 18.5 Å². The van der Waals surface area contributed by atoms with Gasteiger partial charge < -0.3 is 28.9 Å². The van der Waals surface area contributed by atoms with E-state index in [9.17, 15) is 14.0 Å². The fraction of sp³-hybridized carbons (Fsp3) is 0.192. The van der Waals surface area contributed by atoms with Gasteiger partial charge in [0.1, 0.15) is 17.0 Å². The van der Waals surface area contributed by atoms with E-state index in [4.69, 9.17) is 24.0 Å². The van der Waals surface area contributed by atoms with Gasteiger partial charge in [0.15, 0.2) is 5.83 Å². The SMILES string of the molecule is CCOC(=O)c1cc2cc(NC3=C(F)C=NC(N)(c4ccc5oc(C(=O)OCC)cc5c4)N3)ccc2o1. The Kier molecular flexibility index (Phi) is 6.14. The number of benzene rings is 2. The summed E-state index contributed by atoms with van der Waals surface area (Å²) in [7, 11) is 0. The number of ether oxygens (including phenoxy) is 2. The first-order chi connectivity index (χ1) is 17.8. The van der Waals surface area contributed by atoms with Crippen LogP contribution in [0.2, 0.25) is 0 Å². The topological polar surface area (TPSA) is 141 Å². The van der Waals surface area contributed by atoms with Crippen LogP contribution in [0.25, 0.3) is 21.9 Å². The number of fused-ring (bicyclic) bond motifs is 2. The van der Waals surface area contributed by atoms with Crippen molar-refractivity contribution in [2.24, 2.45) is 10.7 Å². The lowest BCUT2D eigenvalue weighted by Gasteiger charge is -2.32. The molecular weight excluding hydrogens is 483 g/mol. The van der Waals surface area contributed by atoms with Gasteiger partial charge in [0.25, 0.3) is 0 Å². The third-order valence-electron chi connectivity index (χ3n) is 5.63. The van der Waals surface area contributed by atoms with Crippen molar-refractivity contribution < 1.29 is 32.3 Å². The van der Waals surface area contributed by atoms with Crippen LogP contribution in [0.15, 0.2) is 74.0 Å². The Bertz CT molecular complexity index is 1590. The Morgan fingerprint density at radius 3 is 2.19 bits per heavy atom. The zero-order valence-electron chi connectivity index (χ0n) is 20.0. The molecular formula is C26H23FN4O6. The second-order valence-electron chi connectivity index (χ2n) is 8.16. The predicted octanol–water partition coefficient (Wildman–Crippen LogP) is 4.53. The number of aliphatic imine (C=N–C) groups is 1. The number of allylic oxidation sites excluding steroid dienone is 1. The Labute approximate surface area is 209 Å². The Morgan fingerprint density at radius 1 is 0.973 bits per heavy atom. The monoisotopic (exact) mass is 506 g/mol. The molecule has 4 N–H and O–H groups in total. The van der Waals surface area contributed by atoms with E-state index >= 15 is 0 Å². The number of halogens is 1. The van der Waals surface area contributed by atoms with Crippen molar-refractivity contribution in [3.05, 3.63) is 77.3 Å². The number of anilines is 1. The second-order valence-corrected chi connectivity index (χ2v) is 8.16. The third-order valence-corrected chi connectivity index (χ3v) is 5.63. The van der Waals surface area contributed by atoms with Gasteiger partial charge in [-0.15, -0.1) is 0 Å². The highest BCUT2D eigenvalue weighted by Crippen LogP contribution is 2.30. The first-order valence-corrected chi connectivity index (χ1v) is 11.5. The minimum atomic E-state index is -1.51. The molecule has 2 aromatic carbocycles. The van der Waals surface area contributed by atoms with Gasteiger partial charge in [0, 0.05) is 22.0 Å². The number of hydrogen-bond acceptors (Lipinski definition) is 10. The summed E-state index contributed by atoms with van der Waals surface area (Å²) in [6.07, 6.45) is 1.03. The summed E-state index contributed by atoms with van der Waals surface area (Å²) in [5.41, 5.74) is 8.47. The van der Waals surface area contributed by atoms with Crippen molar-refractivity contribution in [3.63, 3.8) is 0 Å². The Morgan fingerprint density at radius 2 is 1.57 bits per heavy atom. The molecule has 10 nitrogen and oxygen atoms in total. The van der Waals surface area contributed by atoms with E-state index in [0.29, 0.717) is 33.2 Å². The minimum absolute atomic E-state index is 0.00883. The van der Waals surface area contributed by atoms with Crippen LogP contribution in [-0.4, -0.2) is 31.4 Å². The van der Waals surface area contributed by atoms with Gasteiger partial charge in [0.05, 0.1) is 19.4 Å². The molecule has 0 radical (unpaired) electrons. The van der Waals surface area contributed by atoms with E-state index in [-0.39, 0.29) is 30.6 Å². The molecule has 1 unspecified atom stereocenters. The summed E-state index contributed by atoms with van der Waals surface area (Å²) in [6.45, 7) is 3.86. The van der Waals surface area contributed by atoms with E-state index < -0.39 is 23.6 Å². The molecule has 0 amide bonds. The van der Waals surface area contributed by atoms with Gasteiger partial charge in [-0.05, 0) is 62.4 Å². The normalized spacial score (nSPS) is 17.2. The molecule has 1 atom stereocenters. The molecule has 3 heterocycles. The number of carbonyl (C=O) groups excluding carboxylic acids is 2. The Hall–Kier alpha value is -4.64. The number of hydrogen-bond donors (Lipinski definition) is 3. The number of nitrogens with two attached hydrogens (primary N) is 1. The van der Waals surface area contributed by atoms with Gasteiger partial charge in [-0.25, -0.2) is 19.0 Å². The number of furan rings is 2. The number of rotatable bonds is 7. The first-order valence-electron chi connectivity index (χ1n) is 11.5. The molecule has 0 bridgehead atoms. The van der Waals surface area contributed by atoms with Crippen LogP contribution in [0.5, 0.6) is 0 Å². The molecule has 0 spiro atoms. The highest BCUT2D eigenvalue weighted by molar-refractivity contribution is 5.94. The van der Waals surface area contributed by atoms with Crippen molar-refractivity contribution in [1.29, 1.82) is 0 Å². The summed E-state index contributed by atoms with van der Waals surface area (Å²) < 4.78 is 35.7. The molecule has 0 aliphatic carbocycles. The Balaban J connectivity index is 1.38. The van der Waals surface area contributed by atoms with Gasteiger partial charge in [-0.3, -0.25) is 5.73 Å². The molecule has 1 aliphatic heterocycles. The molecule has 4 aromatic rings. The van der Waals surface area contributed by atoms with E-state index in [1.165, 1.54) is 0 Å². The highest BCUT2D eigenvalue weighted by Gasteiger charge is 2.32. The average molecular weight is 506 g/mol. The molecule has 0 fully saturated rings. The maximum atomic E-state index is 14.7. The zero-order valence-corrected chi connectivity index (χ0v) is 20.0. The molecule has 11 heteroatoms. The summed E-state index contributed by atoms with van der Waals surface area (Å²) in [6, 6.07) is 13.1. The molecule has 0 saturated heterocycles. The molecule has 1 aliphatic rings. The highest BCUT2D eigenvalue weighted by atomic mass is 19.1. The van der Waals surface area contributed by atoms with Crippen LogP contribution in [0.3, 0.4) is 0 Å². The molecule has 5 rings (SSSR count). The van der Waals surface area contributed by atoms with Crippen LogP contribution in [0.1, 0.15) is 40.5 Å². The van der Waals surface area contributed by atoms with E-state index in [1.54, 1.807) is 62.4 Å². The van der Waals surface area contributed by atoms with Gasteiger partial charge in [0.2, 0.25) is 17.3 Å². The van der Waals surface area contributed by atoms with E-state index in [1.807, 2.05) is 0 Å². The van der Waals surface area contributed by atoms with Crippen molar-refractivity contribution >= 4 is 45.8 Å². The zero-order chi connectivity index (χ0) is 26.2. The van der Waals surface area contributed by atoms with Crippen molar-refractivity contribution in [1.82, 2.24) is 5.32 Å². The van der Waals surface area contributed by atoms with E-state index in [0.717, 1.165) is 6.21 Å². The molecule has 2 aromatic heterocycles. The summed E-state index contributed by atoms with van der Waals surface area (Å²) in [4.78, 5) is 28.1. The number of nitrogens with one attached hydrogen (secondary N) is 2. The van der Waals surface area contributed by atoms with Gasteiger partial charge in [-0.1, -0.05) is 0 Å². The molecule has 0 saturated carbocycles. The lowest BCUT2D eigenvalue weighted by atomic mass is 10.1. The van der Waals surface area contributed by atoms with Gasteiger partial charge in [-0.2, -0.15) is 0 Å². The van der Waals surface area contributed by atoms with Crippen LogP contribution in [-0.2, 0) is 15.3 Å². The fourth-order valence-electron chi connectivity index (χ4n) is 3.89. The lowest BCUT2D eigenvalue weighted by molar-refractivity contribution is 0.0484. The quantitative estimate of drug-likeness (QED) is 0.308. The van der Waals surface area contributed by atoms with Crippen molar-refractivity contribution in [2.45, 2.75) is 19.6 Å². The molecule has 190 valence electrons. The van der Waals surface area contributed by atoms with Crippen LogP contribution in [0.4, 0.5) is 10.1 Å². The summed E-state index contributed by atoms with van der Waals surface area (Å²) in [5, 5.41) is 7.10. The van der Waals surface area contributed by atoms with Crippen LogP contribution < -0.4 is 16.4 Å². The molecule has 37 heavy (non-hydrogen) atoms. The second kappa shape index (κ2) is 9.43. The lowest BCUT2D eigenvalue weighted by Crippen LogP contribution is -2.51.